The minimum Gasteiger partial charge on any atom is -0.315 e. The number of para-hydroxylation sites is 1. The zero-order valence-electron chi connectivity index (χ0n) is 8.90. The first-order valence-corrected chi connectivity index (χ1v) is 6.35. The summed E-state index contributed by atoms with van der Waals surface area (Å²) in [6.45, 7) is 0. The third-order valence-electron chi connectivity index (χ3n) is 2.77. The van der Waals surface area contributed by atoms with Crippen LogP contribution in [-0.2, 0) is 0 Å². The highest BCUT2D eigenvalue weighted by atomic mass is 127. The average Bonchev–Trinajstić information content (AvgIpc) is 2.72. The van der Waals surface area contributed by atoms with Gasteiger partial charge in [0.05, 0.1) is 11.2 Å². The molecule has 17 heavy (non-hydrogen) atoms. The molecule has 0 unspecified atom stereocenters. The van der Waals surface area contributed by atoms with Crippen LogP contribution >= 0.6 is 22.6 Å². The van der Waals surface area contributed by atoms with Crippen molar-refractivity contribution in [3.63, 3.8) is 0 Å². The van der Waals surface area contributed by atoms with E-state index in [0.717, 1.165) is 20.2 Å². The maximum atomic E-state index is 13.3. The summed E-state index contributed by atoms with van der Waals surface area (Å²) in [5, 5.41) is 1.05. The second kappa shape index (κ2) is 4.14. The van der Waals surface area contributed by atoms with Gasteiger partial charge in [-0.2, -0.15) is 0 Å². The van der Waals surface area contributed by atoms with Crippen molar-refractivity contribution in [1.82, 2.24) is 4.57 Å². The Morgan fingerprint density at radius 2 is 1.82 bits per heavy atom. The standard InChI is InChI=1S/C14H9FIN/c15-11-6-5-10-7-8-17(14(10)9-11)13-4-2-1-3-12(13)16/h1-9H. The van der Waals surface area contributed by atoms with Crippen molar-refractivity contribution >= 4 is 33.5 Å². The maximum absolute atomic E-state index is 13.3. The Hall–Kier alpha value is -1.36. The van der Waals surface area contributed by atoms with Crippen molar-refractivity contribution < 1.29 is 4.39 Å². The number of halogens is 2. The molecule has 2 aromatic carbocycles. The number of benzene rings is 2. The number of fused-ring (bicyclic) bond motifs is 1. The molecule has 3 rings (SSSR count). The highest BCUT2D eigenvalue weighted by Crippen LogP contribution is 2.24. The predicted octanol–water partition coefficient (Wildman–Crippen LogP) is 4.37. The highest BCUT2D eigenvalue weighted by Gasteiger charge is 2.06. The quantitative estimate of drug-likeness (QED) is 0.581. The molecular formula is C14H9FIN. The molecule has 3 heteroatoms. The topological polar surface area (TPSA) is 4.93 Å². The summed E-state index contributed by atoms with van der Waals surface area (Å²) in [5.41, 5.74) is 1.97. The van der Waals surface area contributed by atoms with E-state index in [4.69, 9.17) is 0 Å². The first-order chi connectivity index (χ1) is 8.25. The van der Waals surface area contributed by atoms with E-state index in [9.17, 15) is 4.39 Å². The predicted molar refractivity (Wildman–Crippen MR) is 76.0 cm³/mol. The largest absolute Gasteiger partial charge is 0.315 e. The smallest absolute Gasteiger partial charge is 0.125 e. The van der Waals surface area contributed by atoms with Crippen LogP contribution in [0.15, 0.2) is 54.7 Å². The molecule has 0 atom stereocenters. The van der Waals surface area contributed by atoms with Gasteiger partial charge in [-0.1, -0.05) is 12.1 Å². The molecule has 0 aliphatic carbocycles. The van der Waals surface area contributed by atoms with Gasteiger partial charge in [0.2, 0.25) is 0 Å². The van der Waals surface area contributed by atoms with Gasteiger partial charge in [-0.15, -0.1) is 0 Å². The SMILES string of the molecule is Fc1ccc2ccn(-c3ccccc3I)c2c1. The van der Waals surface area contributed by atoms with Crippen molar-refractivity contribution in [3.05, 3.63) is 64.1 Å². The Bertz CT molecular complexity index is 688. The summed E-state index contributed by atoms with van der Waals surface area (Å²) in [7, 11) is 0. The molecule has 0 saturated carbocycles. The van der Waals surface area contributed by atoms with Gasteiger partial charge in [-0.25, -0.2) is 4.39 Å². The van der Waals surface area contributed by atoms with Crippen molar-refractivity contribution in [3.8, 4) is 5.69 Å². The molecule has 0 N–H and O–H groups in total. The van der Waals surface area contributed by atoms with E-state index in [1.807, 2.05) is 41.1 Å². The van der Waals surface area contributed by atoms with Crippen LogP contribution in [0.2, 0.25) is 0 Å². The van der Waals surface area contributed by atoms with Gasteiger partial charge in [0, 0.05) is 15.2 Å². The summed E-state index contributed by atoms with van der Waals surface area (Å²) in [4.78, 5) is 0. The lowest BCUT2D eigenvalue weighted by atomic mass is 10.2. The first kappa shape index (κ1) is 10.8. The lowest BCUT2D eigenvalue weighted by molar-refractivity contribution is 0.629. The minimum absolute atomic E-state index is 0.205. The second-order valence-corrected chi connectivity index (χ2v) is 5.00. The molecule has 0 fully saturated rings. The normalized spacial score (nSPS) is 10.9. The number of aromatic nitrogens is 1. The Kier molecular flexibility index (Phi) is 2.63. The number of rotatable bonds is 1. The third kappa shape index (κ3) is 1.84. The molecule has 0 saturated heterocycles. The number of nitrogens with zero attached hydrogens (tertiary/aromatic N) is 1. The van der Waals surface area contributed by atoms with Gasteiger partial charge in [-0.05, 0) is 59.0 Å². The summed E-state index contributed by atoms with van der Waals surface area (Å²) in [6, 6.07) is 14.9. The Balaban J connectivity index is 2.31. The molecule has 3 aromatic rings. The van der Waals surface area contributed by atoms with Gasteiger partial charge in [0.25, 0.3) is 0 Å². The van der Waals surface area contributed by atoms with Gasteiger partial charge < -0.3 is 4.57 Å². The van der Waals surface area contributed by atoms with Crippen LogP contribution in [0, 0.1) is 9.39 Å². The molecule has 0 radical (unpaired) electrons. The third-order valence-corrected chi connectivity index (χ3v) is 3.68. The van der Waals surface area contributed by atoms with Crippen LogP contribution in [0.4, 0.5) is 4.39 Å². The fourth-order valence-corrected chi connectivity index (χ4v) is 2.61. The molecule has 1 nitrogen and oxygen atoms in total. The maximum Gasteiger partial charge on any atom is 0.125 e. The zero-order valence-corrected chi connectivity index (χ0v) is 11.1. The van der Waals surface area contributed by atoms with E-state index < -0.39 is 0 Å². The molecule has 0 aliphatic heterocycles. The lowest BCUT2D eigenvalue weighted by Gasteiger charge is -2.07. The Labute approximate surface area is 112 Å². The van der Waals surface area contributed by atoms with Gasteiger partial charge in [0.15, 0.2) is 0 Å². The Morgan fingerprint density at radius 1 is 1.00 bits per heavy atom. The van der Waals surface area contributed by atoms with Gasteiger partial charge in [-0.3, -0.25) is 0 Å². The van der Waals surface area contributed by atoms with E-state index in [1.165, 1.54) is 6.07 Å². The van der Waals surface area contributed by atoms with Crippen molar-refractivity contribution in [2.45, 2.75) is 0 Å². The van der Waals surface area contributed by atoms with Crippen LogP contribution in [-0.4, -0.2) is 4.57 Å². The molecule has 1 aromatic heterocycles. The van der Waals surface area contributed by atoms with Crippen molar-refractivity contribution in [1.29, 1.82) is 0 Å². The molecular weight excluding hydrogens is 328 g/mol. The van der Waals surface area contributed by atoms with Crippen LogP contribution in [0.1, 0.15) is 0 Å². The lowest BCUT2D eigenvalue weighted by Crippen LogP contribution is -1.94. The summed E-state index contributed by atoms with van der Waals surface area (Å²) >= 11 is 2.29. The molecule has 0 bridgehead atoms. The van der Waals surface area contributed by atoms with Crippen molar-refractivity contribution in [2.75, 3.05) is 0 Å². The van der Waals surface area contributed by atoms with E-state index in [0.29, 0.717) is 0 Å². The van der Waals surface area contributed by atoms with E-state index in [1.54, 1.807) is 12.1 Å². The highest BCUT2D eigenvalue weighted by molar-refractivity contribution is 14.1. The van der Waals surface area contributed by atoms with Crippen LogP contribution in [0.3, 0.4) is 0 Å². The van der Waals surface area contributed by atoms with Crippen LogP contribution < -0.4 is 0 Å². The van der Waals surface area contributed by atoms with Gasteiger partial charge in [0.1, 0.15) is 5.82 Å². The molecule has 0 spiro atoms. The van der Waals surface area contributed by atoms with E-state index >= 15 is 0 Å². The molecule has 84 valence electrons. The monoisotopic (exact) mass is 337 g/mol. The average molecular weight is 337 g/mol. The summed E-state index contributed by atoms with van der Waals surface area (Å²) < 4.78 is 16.5. The first-order valence-electron chi connectivity index (χ1n) is 5.27. The Morgan fingerprint density at radius 3 is 2.65 bits per heavy atom. The van der Waals surface area contributed by atoms with Crippen molar-refractivity contribution in [2.24, 2.45) is 0 Å². The molecule has 1 heterocycles. The molecule has 0 amide bonds. The fourth-order valence-electron chi connectivity index (χ4n) is 1.96. The second-order valence-electron chi connectivity index (χ2n) is 3.84. The van der Waals surface area contributed by atoms with Gasteiger partial charge >= 0.3 is 0 Å². The van der Waals surface area contributed by atoms with Crippen LogP contribution in [0.5, 0.6) is 0 Å². The number of hydrogen-bond acceptors (Lipinski definition) is 0. The fraction of sp³-hybridized carbons (Fsp3) is 0. The van der Waals surface area contributed by atoms with Crippen LogP contribution in [0.25, 0.3) is 16.6 Å². The minimum atomic E-state index is -0.205. The number of hydrogen-bond donors (Lipinski definition) is 0. The van der Waals surface area contributed by atoms with E-state index in [2.05, 4.69) is 22.6 Å². The molecule has 0 aliphatic rings. The van der Waals surface area contributed by atoms with E-state index in [-0.39, 0.29) is 5.82 Å². The summed E-state index contributed by atoms with van der Waals surface area (Å²) in [6.07, 6.45) is 1.97. The zero-order chi connectivity index (χ0) is 11.8. The summed E-state index contributed by atoms with van der Waals surface area (Å²) in [5.74, 6) is -0.205.